The quantitative estimate of drug-likeness (QED) is 0.854. The van der Waals surface area contributed by atoms with E-state index in [1.165, 1.54) is 68.7 Å². The number of fused-ring (bicyclic) bond motifs is 1. The predicted molar refractivity (Wildman–Crippen MR) is 85.4 cm³/mol. The minimum absolute atomic E-state index is 0.715. The number of aryl methyl sites for hydroxylation is 2. The number of nitrogens with zero attached hydrogens (tertiary/aromatic N) is 3. The Bertz CT molecular complexity index is 417. The summed E-state index contributed by atoms with van der Waals surface area (Å²) in [6, 6.07) is 0.715. The highest BCUT2D eigenvalue weighted by molar-refractivity contribution is 7.11. The van der Waals surface area contributed by atoms with E-state index in [4.69, 9.17) is 4.98 Å². The van der Waals surface area contributed by atoms with Gasteiger partial charge in [0.15, 0.2) is 0 Å². The van der Waals surface area contributed by atoms with Crippen molar-refractivity contribution >= 4 is 11.3 Å². The van der Waals surface area contributed by atoms with E-state index in [0.717, 1.165) is 6.54 Å². The standard InChI is InChI=1S/C16H27N3S/c1-18(2)13-7-5-6-10-19(11-13)12-16-17-14-8-3-4-9-15(14)20-16/h13H,3-12H2,1-2H3/t13-/m0/s1. The van der Waals surface area contributed by atoms with Crippen LogP contribution in [0.1, 0.15) is 47.7 Å². The lowest BCUT2D eigenvalue weighted by molar-refractivity contribution is 0.191. The van der Waals surface area contributed by atoms with Crippen LogP contribution in [0.3, 0.4) is 0 Å². The Morgan fingerprint density at radius 2 is 2.05 bits per heavy atom. The third-order valence-electron chi connectivity index (χ3n) is 4.71. The molecule has 1 aromatic heterocycles. The molecule has 20 heavy (non-hydrogen) atoms. The van der Waals surface area contributed by atoms with E-state index < -0.39 is 0 Å². The summed E-state index contributed by atoms with van der Waals surface area (Å²) in [5.41, 5.74) is 1.41. The average Bonchev–Trinajstić information content (AvgIpc) is 2.68. The van der Waals surface area contributed by atoms with E-state index in [0.29, 0.717) is 6.04 Å². The van der Waals surface area contributed by atoms with Gasteiger partial charge >= 0.3 is 0 Å². The van der Waals surface area contributed by atoms with Crippen LogP contribution in [0.4, 0.5) is 0 Å². The number of rotatable bonds is 3. The molecule has 0 unspecified atom stereocenters. The number of likely N-dealkylation sites (N-methyl/N-ethyl adjacent to an activating group) is 1. The van der Waals surface area contributed by atoms with Crippen molar-refractivity contribution in [1.82, 2.24) is 14.8 Å². The molecule has 112 valence electrons. The van der Waals surface area contributed by atoms with Gasteiger partial charge in [0.25, 0.3) is 0 Å². The second kappa shape index (κ2) is 6.54. The Kier molecular flexibility index (Phi) is 4.74. The summed E-state index contributed by atoms with van der Waals surface area (Å²) < 4.78 is 0. The van der Waals surface area contributed by atoms with Gasteiger partial charge in [0, 0.05) is 17.5 Å². The maximum atomic E-state index is 4.91. The molecule has 3 rings (SSSR count). The number of hydrogen-bond donors (Lipinski definition) is 0. The van der Waals surface area contributed by atoms with Crippen LogP contribution in [-0.4, -0.2) is 48.0 Å². The molecule has 4 heteroatoms. The maximum absolute atomic E-state index is 4.91. The van der Waals surface area contributed by atoms with Crippen LogP contribution in [0, 0.1) is 0 Å². The minimum Gasteiger partial charge on any atom is -0.305 e. The molecule has 1 atom stereocenters. The molecule has 2 heterocycles. The van der Waals surface area contributed by atoms with Crippen LogP contribution >= 0.6 is 11.3 Å². The van der Waals surface area contributed by atoms with Crippen LogP contribution in [0.15, 0.2) is 0 Å². The van der Waals surface area contributed by atoms with Gasteiger partial charge in [-0.1, -0.05) is 6.42 Å². The molecule has 1 fully saturated rings. The molecule has 0 bridgehead atoms. The molecule has 0 aromatic carbocycles. The Hall–Kier alpha value is -0.450. The molecule has 3 nitrogen and oxygen atoms in total. The third-order valence-corrected chi connectivity index (χ3v) is 5.85. The lowest BCUT2D eigenvalue weighted by atomic mass is 10.0. The van der Waals surface area contributed by atoms with E-state index in [2.05, 4.69) is 23.9 Å². The number of likely N-dealkylation sites (tertiary alicyclic amines) is 1. The highest BCUT2D eigenvalue weighted by Crippen LogP contribution is 2.28. The molecule has 0 radical (unpaired) electrons. The van der Waals surface area contributed by atoms with E-state index in [-0.39, 0.29) is 0 Å². The van der Waals surface area contributed by atoms with E-state index >= 15 is 0 Å². The molecule has 0 spiro atoms. The van der Waals surface area contributed by atoms with Crippen molar-refractivity contribution in [1.29, 1.82) is 0 Å². The van der Waals surface area contributed by atoms with Gasteiger partial charge in [0.2, 0.25) is 0 Å². The second-order valence-electron chi connectivity index (χ2n) is 6.53. The molecule has 0 amide bonds. The highest BCUT2D eigenvalue weighted by Gasteiger charge is 2.22. The topological polar surface area (TPSA) is 19.4 Å². The number of thiazole rings is 1. The zero-order valence-electron chi connectivity index (χ0n) is 12.9. The lowest BCUT2D eigenvalue weighted by Crippen LogP contribution is -2.38. The molecule has 1 aliphatic heterocycles. The summed E-state index contributed by atoms with van der Waals surface area (Å²) in [5, 5.41) is 1.36. The predicted octanol–water partition coefficient (Wildman–Crippen LogP) is 2.94. The summed E-state index contributed by atoms with van der Waals surface area (Å²) in [7, 11) is 4.44. The highest BCUT2D eigenvalue weighted by atomic mass is 32.1. The smallest absolute Gasteiger partial charge is 0.107 e. The van der Waals surface area contributed by atoms with Crippen molar-refractivity contribution in [2.45, 2.75) is 57.5 Å². The van der Waals surface area contributed by atoms with E-state index in [9.17, 15) is 0 Å². The van der Waals surface area contributed by atoms with Gasteiger partial charge in [-0.2, -0.15) is 0 Å². The van der Waals surface area contributed by atoms with Gasteiger partial charge in [-0.25, -0.2) is 4.98 Å². The zero-order valence-corrected chi connectivity index (χ0v) is 13.7. The zero-order chi connectivity index (χ0) is 13.9. The fraction of sp³-hybridized carbons (Fsp3) is 0.812. The SMILES string of the molecule is CN(C)[C@H]1CCCCN(Cc2nc3c(s2)CCCC3)C1. The normalized spacial score (nSPS) is 24.6. The maximum Gasteiger partial charge on any atom is 0.107 e. The summed E-state index contributed by atoms with van der Waals surface area (Å²) in [4.78, 5) is 11.5. The lowest BCUT2D eigenvalue weighted by Gasteiger charge is -2.27. The summed E-state index contributed by atoms with van der Waals surface area (Å²) in [5.74, 6) is 0. The Morgan fingerprint density at radius 3 is 2.85 bits per heavy atom. The largest absolute Gasteiger partial charge is 0.305 e. The van der Waals surface area contributed by atoms with Crippen molar-refractivity contribution in [3.63, 3.8) is 0 Å². The Morgan fingerprint density at radius 1 is 1.20 bits per heavy atom. The van der Waals surface area contributed by atoms with Gasteiger partial charge in [0.1, 0.15) is 5.01 Å². The Balaban J connectivity index is 1.65. The molecule has 1 aliphatic carbocycles. The first-order valence-corrected chi connectivity index (χ1v) is 8.90. The Labute approximate surface area is 127 Å². The van der Waals surface area contributed by atoms with E-state index in [1.807, 2.05) is 11.3 Å². The fourth-order valence-electron chi connectivity index (χ4n) is 3.43. The van der Waals surface area contributed by atoms with Gasteiger partial charge in [-0.15, -0.1) is 11.3 Å². The molecule has 2 aliphatic rings. The second-order valence-corrected chi connectivity index (χ2v) is 7.70. The van der Waals surface area contributed by atoms with Crippen molar-refractivity contribution in [3.05, 3.63) is 15.6 Å². The van der Waals surface area contributed by atoms with Crippen LogP contribution in [-0.2, 0) is 19.4 Å². The molecule has 1 aromatic rings. The number of hydrogen-bond acceptors (Lipinski definition) is 4. The summed E-state index contributed by atoms with van der Waals surface area (Å²) in [6.07, 6.45) is 9.24. The first-order chi connectivity index (χ1) is 9.72. The van der Waals surface area contributed by atoms with Crippen LogP contribution in [0.2, 0.25) is 0 Å². The number of aromatic nitrogens is 1. The molecule has 1 saturated heterocycles. The van der Waals surface area contributed by atoms with Crippen molar-refractivity contribution in [3.8, 4) is 0 Å². The van der Waals surface area contributed by atoms with Crippen molar-refractivity contribution < 1.29 is 0 Å². The van der Waals surface area contributed by atoms with Crippen LogP contribution in [0.25, 0.3) is 0 Å². The van der Waals surface area contributed by atoms with E-state index in [1.54, 1.807) is 4.88 Å². The average molecular weight is 293 g/mol. The summed E-state index contributed by atoms with van der Waals surface area (Å²) in [6.45, 7) is 3.52. The molecular weight excluding hydrogens is 266 g/mol. The first kappa shape index (κ1) is 14.5. The summed E-state index contributed by atoms with van der Waals surface area (Å²) >= 11 is 1.98. The fourth-order valence-corrected chi connectivity index (χ4v) is 4.62. The van der Waals surface area contributed by atoms with Gasteiger partial charge in [-0.3, -0.25) is 4.90 Å². The molecular formula is C16H27N3S. The van der Waals surface area contributed by atoms with Crippen LogP contribution < -0.4 is 0 Å². The van der Waals surface area contributed by atoms with Gasteiger partial charge < -0.3 is 4.90 Å². The van der Waals surface area contributed by atoms with Gasteiger partial charge in [0.05, 0.1) is 12.2 Å². The van der Waals surface area contributed by atoms with Crippen molar-refractivity contribution in [2.24, 2.45) is 0 Å². The van der Waals surface area contributed by atoms with Crippen molar-refractivity contribution in [2.75, 3.05) is 27.2 Å². The molecule has 0 saturated carbocycles. The first-order valence-electron chi connectivity index (χ1n) is 8.08. The minimum atomic E-state index is 0.715. The molecule has 0 N–H and O–H groups in total. The van der Waals surface area contributed by atoms with Crippen LogP contribution in [0.5, 0.6) is 0 Å². The third kappa shape index (κ3) is 3.41. The van der Waals surface area contributed by atoms with Gasteiger partial charge in [-0.05, 0) is 59.2 Å². The monoisotopic (exact) mass is 293 g/mol.